The number of aromatic amines is 1. The van der Waals surface area contributed by atoms with E-state index in [0.717, 1.165) is 46.8 Å². The van der Waals surface area contributed by atoms with Crippen LogP contribution in [0.1, 0.15) is 23.3 Å². The van der Waals surface area contributed by atoms with Crippen molar-refractivity contribution in [2.45, 2.75) is 18.9 Å². The number of pyridine rings is 1. The molecule has 0 saturated carbocycles. The zero-order chi connectivity index (χ0) is 19.8. The van der Waals surface area contributed by atoms with Crippen molar-refractivity contribution < 1.29 is 13.9 Å². The quantitative estimate of drug-likeness (QED) is 0.543. The predicted molar refractivity (Wildman–Crippen MR) is 110 cm³/mol. The molecule has 4 aromatic rings. The van der Waals surface area contributed by atoms with E-state index in [9.17, 15) is 9.18 Å². The van der Waals surface area contributed by atoms with E-state index in [2.05, 4.69) is 15.3 Å². The molecule has 5 nitrogen and oxygen atoms in total. The molecular formula is C23H20FN3O2. The van der Waals surface area contributed by atoms with Crippen LogP contribution in [0, 0.1) is 5.82 Å². The fourth-order valence-corrected chi connectivity index (χ4v) is 3.88. The molecule has 5 rings (SSSR count). The van der Waals surface area contributed by atoms with Crippen LogP contribution in [0.4, 0.5) is 4.39 Å². The van der Waals surface area contributed by atoms with Gasteiger partial charge < -0.3 is 15.0 Å². The van der Waals surface area contributed by atoms with Gasteiger partial charge in [-0.3, -0.25) is 4.79 Å². The minimum atomic E-state index is -0.313. The number of fused-ring (bicyclic) bond motifs is 3. The first-order chi connectivity index (χ1) is 14.2. The van der Waals surface area contributed by atoms with Gasteiger partial charge in [-0.05, 0) is 49.2 Å². The van der Waals surface area contributed by atoms with Crippen LogP contribution in [0.15, 0.2) is 54.6 Å². The number of halogens is 1. The van der Waals surface area contributed by atoms with Gasteiger partial charge in [0.05, 0.1) is 17.3 Å². The zero-order valence-corrected chi connectivity index (χ0v) is 15.7. The molecule has 1 aliphatic heterocycles. The SMILES string of the molecule is O=C(NC[C@H]1CCCO1)c1cc2c([nH]c3ccccc32)c(-c2ccc(F)cc2)n1. The average molecular weight is 389 g/mol. The van der Waals surface area contributed by atoms with Gasteiger partial charge in [0.1, 0.15) is 11.5 Å². The first-order valence-electron chi connectivity index (χ1n) is 9.76. The summed E-state index contributed by atoms with van der Waals surface area (Å²) in [4.78, 5) is 20.9. The summed E-state index contributed by atoms with van der Waals surface area (Å²) in [5.74, 6) is -0.553. The number of ether oxygens (including phenoxy) is 1. The van der Waals surface area contributed by atoms with Gasteiger partial charge in [0, 0.05) is 35.0 Å². The fraction of sp³-hybridized carbons (Fsp3) is 0.217. The Labute approximate surface area is 166 Å². The average Bonchev–Trinajstić information content (AvgIpc) is 3.39. The van der Waals surface area contributed by atoms with Crippen molar-refractivity contribution in [3.8, 4) is 11.3 Å². The summed E-state index contributed by atoms with van der Waals surface area (Å²) in [6, 6.07) is 15.9. The molecule has 3 heterocycles. The minimum Gasteiger partial charge on any atom is -0.376 e. The second kappa shape index (κ2) is 7.29. The Bertz CT molecular complexity index is 1190. The van der Waals surface area contributed by atoms with Crippen molar-refractivity contribution in [3.63, 3.8) is 0 Å². The third-order valence-electron chi connectivity index (χ3n) is 5.36. The van der Waals surface area contributed by atoms with Crippen LogP contribution in [0.2, 0.25) is 0 Å². The Balaban J connectivity index is 1.61. The lowest BCUT2D eigenvalue weighted by Crippen LogP contribution is -2.32. The molecule has 29 heavy (non-hydrogen) atoms. The first-order valence-corrected chi connectivity index (χ1v) is 9.76. The molecule has 1 fully saturated rings. The Morgan fingerprint density at radius 3 is 2.79 bits per heavy atom. The molecule has 1 atom stereocenters. The Morgan fingerprint density at radius 2 is 2.00 bits per heavy atom. The van der Waals surface area contributed by atoms with Gasteiger partial charge in [-0.2, -0.15) is 0 Å². The van der Waals surface area contributed by atoms with E-state index in [4.69, 9.17) is 4.74 Å². The maximum atomic E-state index is 13.4. The largest absolute Gasteiger partial charge is 0.376 e. The van der Waals surface area contributed by atoms with Crippen LogP contribution < -0.4 is 5.32 Å². The van der Waals surface area contributed by atoms with E-state index >= 15 is 0 Å². The van der Waals surface area contributed by atoms with Gasteiger partial charge in [-0.25, -0.2) is 9.37 Å². The highest BCUT2D eigenvalue weighted by Gasteiger charge is 2.20. The normalized spacial score (nSPS) is 16.5. The van der Waals surface area contributed by atoms with Crippen LogP contribution in [0.3, 0.4) is 0 Å². The summed E-state index contributed by atoms with van der Waals surface area (Å²) in [5.41, 5.74) is 3.50. The smallest absolute Gasteiger partial charge is 0.270 e. The topological polar surface area (TPSA) is 67.0 Å². The Kier molecular flexibility index (Phi) is 4.48. The monoisotopic (exact) mass is 389 g/mol. The van der Waals surface area contributed by atoms with Crippen molar-refractivity contribution in [1.29, 1.82) is 0 Å². The van der Waals surface area contributed by atoms with Gasteiger partial charge in [0.2, 0.25) is 0 Å². The maximum absolute atomic E-state index is 13.4. The number of rotatable bonds is 4. The predicted octanol–water partition coefficient (Wildman–Crippen LogP) is 4.43. The van der Waals surface area contributed by atoms with Gasteiger partial charge in [0.25, 0.3) is 5.91 Å². The summed E-state index contributed by atoms with van der Waals surface area (Å²) < 4.78 is 19.0. The van der Waals surface area contributed by atoms with Gasteiger partial charge in [-0.15, -0.1) is 0 Å². The molecule has 0 radical (unpaired) electrons. The molecule has 2 aromatic heterocycles. The van der Waals surface area contributed by atoms with Crippen LogP contribution >= 0.6 is 0 Å². The number of carbonyl (C=O) groups is 1. The molecule has 0 spiro atoms. The first kappa shape index (κ1) is 17.8. The number of aromatic nitrogens is 2. The molecule has 2 N–H and O–H groups in total. The molecule has 1 saturated heterocycles. The molecule has 0 bridgehead atoms. The molecule has 0 aliphatic carbocycles. The number of H-pyrrole nitrogens is 1. The van der Waals surface area contributed by atoms with Crippen molar-refractivity contribution in [2.24, 2.45) is 0 Å². The van der Waals surface area contributed by atoms with Gasteiger partial charge in [0.15, 0.2) is 0 Å². The summed E-state index contributed by atoms with van der Waals surface area (Å²) in [6.45, 7) is 1.22. The molecule has 6 heteroatoms. The second-order valence-corrected chi connectivity index (χ2v) is 7.30. The molecular weight excluding hydrogens is 369 g/mol. The van der Waals surface area contributed by atoms with Crippen molar-refractivity contribution in [2.75, 3.05) is 13.2 Å². The van der Waals surface area contributed by atoms with E-state index in [1.165, 1.54) is 12.1 Å². The molecule has 146 valence electrons. The highest BCUT2D eigenvalue weighted by atomic mass is 19.1. The summed E-state index contributed by atoms with van der Waals surface area (Å²) in [5, 5.41) is 4.87. The van der Waals surface area contributed by atoms with E-state index < -0.39 is 0 Å². The second-order valence-electron chi connectivity index (χ2n) is 7.30. The lowest BCUT2D eigenvalue weighted by atomic mass is 10.1. The Morgan fingerprint density at radius 1 is 1.17 bits per heavy atom. The molecule has 0 unspecified atom stereocenters. The summed E-state index contributed by atoms with van der Waals surface area (Å²) in [6.07, 6.45) is 2.04. The number of para-hydroxylation sites is 1. The highest BCUT2D eigenvalue weighted by Crippen LogP contribution is 2.32. The highest BCUT2D eigenvalue weighted by molar-refractivity contribution is 6.13. The minimum absolute atomic E-state index is 0.0624. The number of hydrogen-bond donors (Lipinski definition) is 2. The molecule has 2 aromatic carbocycles. The van der Waals surface area contributed by atoms with Gasteiger partial charge >= 0.3 is 0 Å². The number of nitrogens with one attached hydrogen (secondary N) is 2. The summed E-state index contributed by atoms with van der Waals surface area (Å²) in [7, 11) is 0. The van der Waals surface area contributed by atoms with E-state index in [0.29, 0.717) is 17.9 Å². The lowest BCUT2D eigenvalue weighted by molar-refractivity contribution is 0.0854. The van der Waals surface area contributed by atoms with Crippen molar-refractivity contribution >= 4 is 27.7 Å². The van der Waals surface area contributed by atoms with Crippen LogP contribution in [0.5, 0.6) is 0 Å². The standard InChI is InChI=1S/C23H20FN3O2/c24-15-9-7-14(8-10-15)21-22-18(17-5-1-2-6-19(17)26-22)12-20(27-21)23(28)25-13-16-4-3-11-29-16/h1-2,5-10,12,16,26H,3-4,11,13H2,(H,25,28)/t16-/m1/s1. The summed E-state index contributed by atoms with van der Waals surface area (Å²) >= 11 is 0. The van der Waals surface area contributed by atoms with Gasteiger partial charge in [-0.1, -0.05) is 18.2 Å². The Hall–Kier alpha value is -3.25. The third kappa shape index (κ3) is 3.36. The zero-order valence-electron chi connectivity index (χ0n) is 15.7. The fourth-order valence-electron chi connectivity index (χ4n) is 3.88. The number of carbonyl (C=O) groups excluding carboxylic acids is 1. The number of amides is 1. The van der Waals surface area contributed by atoms with Crippen molar-refractivity contribution in [1.82, 2.24) is 15.3 Å². The van der Waals surface area contributed by atoms with E-state index in [1.54, 1.807) is 12.1 Å². The van der Waals surface area contributed by atoms with E-state index in [1.807, 2.05) is 30.3 Å². The molecule has 1 amide bonds. The molecule has 1 aliphatic rings. The van der Waals surface area contributed by atoms with E-state index in [-0.39, 0.29) is 17.8 Å². The lowest BCUT2D eigenvalue weighted by Gasteiger charge is -2.11. The van der Waals surface area contributed by atoms with Crippen LogP contribution in [-0.4, -0.2) is 35.1 Å². The maximum Gasteiger partial charge on any atom is 0.270 e. The van der Waals surface area contributed by atoms with Crippen molar-refractivity contribution in [3.05, 3.63) is 66.1 Å². The van der Waals surface area contributed by atoms with Crippen LogP contribution in [0.25, 0.3) is 33.1 Å². The van der Waals surface area contributed by atoms with Crippen LogP contribution in [-0.2, 0) is 4.74 Å². The number of hydrogen-bond acceptors (Lipinski definition) is 3. The number of benzene rings is 2. The number of nitrogens with zero attached hydrogens (tertiary/aromatic N) is 1. The third-order valence-corrected chi connectivity index (χ3v) is 5.36.